The molecule has 2 saturated heterocycles. The first-order valence-electron chi connectivity index (χ1n) is 9.62. The fourth-order valence-electron chi connectivity index (χ4n) is 4.41. The SMILES string of the molecule is CC1(C)C(C(=O)N[C@@H]2COC[C@@H]2NC(=O)C2CCCCC(=O)N2)C1(C)C. The van der Waals surface area contributed by atoms with E-state index in [1.807, 2.05) is 0 Å². The average Bonchev–Trinajstić information content (AvgIpc) is 2.76. The van der Waals surface area contributed by atoms with Crippen LogP contribution in [0.15, 0.2) is 0 Å². The van der Waals surface area contributed by atoms with Crippen molar-refractivity contribution in [1.82, 2.24) is 16.0 Å². The monoisotopic (exact) mass is 365 g/mol. The van der Waals surface area contributed by atoms with E-state index < -0.39 is 6.04 Å². The van der Waals surface area contributed by atoms with Gasteiger partial charge in [0.05, 0.1) is 25.3 Å². The number of hydrogen-bond acceptors (Lipinski definition) is 4. The average molecular weight is 365 g/mol. The van der Waals surface area contributed by atoms with Crippen LogP contribution in [0.3, 0.4) is 0 Å². The fraction of sp³-hybridized carbons (Fsp3) is 0.842. The quantitative estimate of drug-likeness (QED) is 0.684. The van der Waals surface area contributed by atoms with Crippen LogP contribution in [-0.2, 0) is 19.1 Å². The van der Waals surface area contributed by atoms with E-state index in [-0.39, 0.29) is 46.6 Å². The summed E-state index contributed by atoms with van der Waals surface area (Å²) in [5.74, 6) is -0.277. The number of carbonyl (C=O) groups excluding carboxylic acids is 3. The summed E-state index contributed by atoms with van der Waals surface area (Å²) in [6.07, 6.45) is 2.78. The van der Waals surface area contributed by atoms with Gasteiger partial charge in [-0.3, -0.25) is 14.4 Å². The summed E-state index contributed by atoms with van der Waals surface area (Å²) in [5, 5.41) is 8.80. The number of hydrogen-bond donors (Lipinski definition) is 3. The number of nitrogens with one attached hydrogen (secondary N) is 3. The summed E-state index contributed by atoms with van der Waals surface area (Å²) >= 11 is 0. The highest BCUT2D eigenvalue weighted by molar-refractivity contribution is 5.88. The molecule has 2 heterocycles. The molecule has 3 atom stereocenters. The lowest BCUT2D eigenvalue weighted by Crippen LogP contribution is -2.55. The number of amides is 3. The Kier molecular flexibility index (Phi) is 5.03. The molecule has 26 heavy (non-hydrogen) atoms. The molecule has 7 nitrogen and oxygen atoms in total. The van der Waals surface area contributed by atoms with Crippen molar-refractivity contribution in [3.8, 4) is 0 Å². The van der Waals surface area contributed by atoms with Gasteiger partial charge in [0, 0.05) is 12.3 Å². The Morgan fingerprint density at radius 2 is 1.58 bits per heavy atom. The molecule has 3 amide bonds. The highest BCUT2D eigenvalue weighted by Gasteiger charge is 2.68. The molecule has 3 fully saturated rings. The van der Waals surface area contributed by atoms with Crippen LogP contribution >= 0.6 is 0 Å². The van der Waals surface area contributed by atoms with E-state index in [9.17, 15) is 14.4 Å². The Balaban J connectivity index is 1.56. The van der Waals surface area contributed by atoms with E-state index in [1.54, 1.807) is 0 Å². The number of ether oxygens (including phenoxy) is 1. The van der Waals surface area contributed by atoms with Crippen molar-refractivity contribution in [2.24, 2.45) is 16.7 Å². The van der Waals surface area contributed by atoms with Gasteiger partial charge in [-0.25, -0.2) is 0 Å². The largest absolute Gasteiger partial charge is 0.377 e. The van der Waals surface area contributed by atoms with Crippen molar-refractivity contribution in [3.05, 3.63) is 0 Å². The van der Waals surface area contributed by atoms with Crippen molar-refractivity contribution in [2.75, 3.05) is 13.2 Å². The van der Waals surface area contributed by atoms with Crippen molar-refractivity contribution in [2.45, 2.75) is 71.5 Å². The van der Waals surface area contributed by atoms with Crippen LogP contribution in [0.1, 0.15) is 53.4 Å². The summed E-state index contributed by atoms with van der Waals surface area (Å²) in [7, 11) is 0. The maximum absolute atomic E-state index is 12.7. The van der Waals surface area contributed by atoms with Crippen LogP contribution in [0.4, 0.5) is 0 Å². The highest BCUT2D eigenvalue weighted by Crippen LogP contribution is 2.68. The van der Waals surface area contributed by atoms with Crippen molar-refractivity contribution in [1.29, 1.82) is 0 Å². The third-order valence-corrected chi connectivity index (χ3v) is 6.82. The standard InChI is InChI=1S/C19H31N3O4/c1-18(2)15(19(18,3)4)17(25)22-13-10-26-9-12(13)21-16(24)11-7-5-6-8-14(23)20-11/h11-13,15H,5-10H2,1-4H3,(H,20,23)(H,21,24)(H,22,25)/t11?,12-,13+/m0/s1. The minimum absolute atomic E-state index is 0.0255. The van der Waals surface area contributed by atoms with Gasteiger partial charge in [-0.2, -0.15) is 0 Å². The zero-order chi connectivity index (χ0) is 19.1. The van der Waals surface area contributed by atoms with E-state index >= 15 is 0 Å². The highest BCUT2D eigenvalue weighted by atomic mass is 16.5. The summed E-state index contributed by atoms with van der Waals surface area (Å²) in [5.41, 5.74) is -0.0557. The van der Waals surface area contributed by atoms with E-state index in [0.717, 1.165) is 12.8 Å². The third-order valence-electron chi connectivity index (χ3n) is 6.82. The molecule has 146 valence electrons. The molecule has 0 aromatic carbocycles. The molecule has 0 bridgehead atoms. The van der Waals surface area contributed by atoms with Crippen LogP contribution in [0, 0.1) is 16.7 Å². The molecule has 3 N–H and O–H groups in total. The molecule has 1 aliphatic carbocycles. The van der Waals surface area contributed by atoms with Gasteiger partial charge in [0.15, 0.2) is 0 Å². The van der Waals surface area contributed by atoms with Crippen LogP contribution in [0.2, 0.25) is 0 Å². The van der Waals surface area contributed by atoms with Gasteiger partial charge in [-0.15, -0.1) is 0 Å². The van der Waals surface area contributed by atoms with Gasteiger partial charge >= 0.3 is 0 Å². The first-order chi connectivity index (χ1) is 12.1. The van der Waals surface area contributed by atoms with Gasteiger partial charge in [-0.1, -0.05) is 34.1 Å². The molecule has 1 unspecified atom stereocenters. The zero-order valence-electron chi connectivity index (χ0n) is 16.2. The minimum Gasteiger partial charge on any atom is -0.377 e. The van der Waals surface area contributed by atoms with E-state index in [2.05, 4.69) is 43.6 Å². The molecule has 3 aliphatic rings. The van der Waals surface area contributed by atoms with Crippen LogP contribution in [0.25, 0.3) is 0 Å². The minimum atomic E-state index is -0.497. The van der Waals surface area contributed by atoms with E-state index in [0.29, 0.717) is 26.1 Å². The maximum Gasteiger partial charge on any atom is 0.242 e. The number of rotatable bonds is 4. The maximum atomic E-state index is 12.7. The Morgan fingerprint density at radius 1 is 1.00 bits per heavy atom. The Morgan fingerprint density at radius 3 is 2.15 bits per heavy atom. The third kappa shape index (κ3) is 3.46. The summed E-state index contributed by atoms with van der Waals surface area (Å²) < 4.78 is 5.49. The second kappa shape index (κ2) is 6.83. The topological polar surface area (TPSA) is 96.5 Å². The molecule has 1 saturated carbocycles. The molecule has 3 rings (SSSR count). The second-order valence-electron chi connectivity index (χ2n) is 9.01. The first kappa shape index (κ1) is 19.1. The smallest absolute Gasteiger partial charge is 0.242 e. The Bertz CT molecular complexity index is 588. The van der Waals surface area contributed by atoms with Crippen molar-refractivity contribution in [3.63, 3.8) is 0 Å². The molecule has 7 heteroatoms. The molecular weight excluding hydrogens is 334 g/mol. The number of carbonyl (C=O) groups is 3. The van der Waals surface area contributed by atoms with Gasteiger partial charge in [0.2, 0.25) is 17.7 Å². The van der Waals surface area contributed by atoms with Gasteiger partial charge in [-0.05, 0) is 23.7 Å². The molecule has 2 aliphatic heterocycles. The molecule has 0 spiro atoms. The van der Waals surface area contributed by atoms with Gasteiger partial charge in [0.1, 0.15) is 6.04 Å². The van der Waals surface area contributed by atoms with Crippen molar-refractivity contribution < 1.29 is 19.1 Å². The Hall–Kier alpha value is -1.63. The van der Waals surface area contributed by atoms with E-state index in [4.69, 9.17) is 4.74 Å². The molecule has 0 aromatic rings. The molecule has 0 aromatic heterocycles. The lowest BCUT2D eigenvalue weighted by atomic mass is 10.0. The predicted molar refractivity (Wildman–Crippen MR) is 96.1 cm³/mol. The molecule has 0 radical (unpaired) electrons. The lowest BCUT2D eigenvalue weighted by Gasteiger charge is -2.23. The van der Waals surface area contributed by atoms with Crippen LogP contribution in [-0.4, -0.2) is 49.1 Å². The van der Waals surface area contributed by atoms with Gasteiger partial charge < -0.3 is 20.7 Å². The predicted octanol–water partition coefficient (Wildman–Crippen LogP) is 0.727. The van der Waals surface area contributed by atoms with Crippen LogP contribution < -0.4 is 16.0 Å². The molecular formula is C19H31N3O4. The first-order valence-corrected chi connectivity index (χ1v) is 9.62. The Labute approximate surface area is 155 Å². The zero-order valence-corrected chi connectivity index (χ0v) is 16.2. The lowest BCUT2D eigenvalue weighted by molar-refractivity contribution is -0.129. The fourth-order valence-corrected chi connectivity index (χ4v) is 4.41. The van der Waals surface area contributed by atoms with Crippen molar-refractivity contribution >= 4 is 17.7 Å². The van der Waals surface area contributed by atoms with E-state index in [1.165, 1.54) is 0 Å². The summed E-state index contributed by atoms with van der Waals surface area (Å²) in [6.45, 7) is 9.19. The summed E-state index contributed by atoms with van der Waals surface area (Å²) in [4.78, 5) is 36.9. The summed E-state index contributed by atoms with van der Waals surface area (Å²) in [6, 6.07) is -1.00. The van der Waals surface area contributed by atoms with Crippen LogP contribution in [0.5, 0.6) is 0 Å². The van der Waals surface area contributed by atoms with Gasteiger partial charge in [0.25, 0.3) is 0 Å². The normalized spacial score (nSPS) is 33.1. The second-order valence-corrected chi connectivity index (χ2v) is 9.01.